The van der Waals surface area contributed by atoms with Gasteiger partial charge in [0.15, 0.2) is 0 Å². The van der Waals surface area contributed by atoms with E-state index in [2.05, 4.69) is 15.6 Å². The Morgan fingerprint density at radius 1 is 1.50 bits per heavy atom. The summed E-state index contributed by atoms with van der Waals surface area (Å²) in [6, 6.07) is -0.877. The first kappa shape index (κ1) is 16.4. The van der Waals surface area contributed by atoms with Crippen molar-refractivity contribution in [2.24, 2.45) is 5.92 Å². The van der Waals surface area contributed by atoms with Gasteiger partial charge >= 0.3 is 12.6 Å². The van der Waals surface area contributed by atoms with Crippen LogP contribution in [0.3, 0.4) is 0 Å². The van der Waals surface area contributed by atoms with Crippen LogP contribution in [0.4, 0.5) is 13.6 Å². The van der Waals surface area contributed by atoms with Crippen molar-refractivity contribution in [2.75, 3.05) is 6.61 Å². The summed E-state index contributed by atoms with van der Waals surface area (Å²) < 4.78 is 25.8. The number of aromatic nitrogens is 2. The third-order valence-corrected chi connectivity index (χ3v) is 2.68. The van der Waals surface area contributed by atoms with Crippen molar-refractivity contribution in [1.29, 1.82) is 0 Å². The highest BCUT2D eigenvalue weighted by atomic mass is 19.3. The van der Waals surface area contributed by atoms with Gasteiger partial charge in [-0.15, -0.1) is 0 Å². The Bertz CT molecular complexity index is 423. The average Bonchev–Trinajstić information content (AvgIpc) is 2.83. The molecule has 1 aromatic heterocycles. The van der Waals surface area contributed by atoms with Crippen molar-refractivity contribution in [3.8, 4) is 0 Å². The van der Waals surface area contributed by atoms with Crippen LogP contribution >= 0.6 is 0 Å². The van der Waals surface area contributed by atoms with E-state index >= 15 is 0 Å². The molecule has 20 heavy (non-hydrogen) atoms. The van der Waals surface area contributed by atoms with E-state index in [1.807, 2.05) is 13.8 Å². The second-order valence-electron chi connectivity index (χ2n) is 4.86. The Hall–Kier alpha value is -1.70. The Labute approximate surface area is 116 Å². The normalized spacial score (nSPS) is 12.8. The molecular formula is C12H20F2N4O2. The molecule has 1 heterocycles. The minimum Gasteiger partial charge on any atom is -0.394 e. The van der Waals surface area contributed by atoms with Gasteiger partial charge in [0.25, 0.3) is 0 Å². The van der Waals surface area contributed by atoms with E-state index in [0.717, 1.165) is 6.20 Å². The van der Waals surface area contributed by atoms with E-state index in [-0.39, 0.29) is 25.0 Å². The van der Waals surface area contributed by atoms with E-state index in [4.69, 9.17) is 5.11 Å². The molecule has 0 aromatic carbocycles. The first-order valence-electron chi connectivity index (χ1n) is 6.39. The van der Waals surface area contributed by atoms with Crippen LogP contribution < -0.4 is 10.6 Å². The lowest BCUT2D eigenvalue weighted by Crippen LogP contribution is -2.44. The lowest BCUT2D eigenvalue weighted by atomic mass is 10.0. The topological polar surface area (TPSA) is 79.2 Å². The Balaban J connectivity index is 2.44. The van der Waals surface area contributed by atoms with Crippen molar-refractivity contribution in [1.82, 2.24) is 20.2 Å². The first-order chi connectivity index (χ1) is 9.43. The molecule has 2 amide bonds. The molecule has 114 valence electrons. The molecule has 0 spiro atoms. The van der Waals surface area contributed by atoms with E-state index in [1.165, 1.54) is 6.20 Å². The van der Waals surface area contributed by atoms with Gasteiger partial charge in [0.2, 0.25) is 0 Å². The fourth-order valence-electron chi connectivity index (χ4n) is 1.80. The van der Waals surface area contributed by atoms with Gasteiger partial charge in [0.1, 0.15) is 5.82 Å². The van der Waals surface area contributed by atoms with Gasteiger partial charge < -0.3 is 15.7 Å². The summed E-state index contributed by atoms with van der Waals surface area (Å²) in [5.41, 5.74) is 0. The molecule has 0 aliphatic rings. The maximum Gasteiger partial charge on any atom is 0.319 e. The molecule has 0 aliphatic carbocycles. The average molecular weight is 290 g/mol. The number of carbonyl (C=O) groups is 1. The number of hydrogen-bond donors (Lipinski definition) is 3. The number of amides is 2. The summed E-state index contributed by atoms with van der Waals surface area (Å²) in [5, 5.41) is 14.2. The standard InChI is InChI=1S/C12H20F2N4O2/c1-8(2)5-9(7-19)17-12(20)16-6-10-15-3-4-18(10)11(13)14/h3-4,8-9,11,19H,5-7H2,1-2H3,(H2,16,17,20). The molecule has 1 rings (SSSR count). The minimum atomic E-state index is -2.69. The number of aliphatic hydroxyl groups is 1. The van der Waals surface area contributed by atoms with Crippen LogP contribution in [0, 0.1) is 5.92 Å². The maximum absolute atomic E-state index is 12.6. The predicted molar refractivity (Wildman–Crippen MR) is 69.2 cm³/mol. The van der Waals surface area contributed by atoms with Crippen LogP contribution in [0.5, 0.6) is 0 Å². The van der Waals surface area contributed by atoms with Gasteiger partial charge in [-0.25, -0.2) is 9.78 Å². The van der Waals surface area contributed by atoms with Crippen molar-refractivity contribution in [2.45, 2.75) is 39.4 Å². The Morgan fingerprint density at radius 2 is 2.20 bits per heavy atom. The molecule has 1 atom stereocenters. The van der Waals surface area contributed by atoms with E-state index in [1.54, 1.807) is 0 Å². The number of halogens is 2. The van der Waals surface area contributed by atoms with Crippen LogP contribution in [0.25, 0.3) is 0 Å². The quantitative estimate of drug-likeness (QED) is 0.711. The summed E-state index contributed by atoms with van der Waals surface area (Å²) in [5.74, 6) is 0.393. The molecule has 0 saturated carbocycles. The minimum absolute atomic E-state index is 0.0690. The van der Waals surface area contributed by atoms with Crippen molar-refractivity contribution >= 4 is 6.03 Å². The molecule has 3 N–H and O–H groups in total. The number of imidazole rings is 1. The second-order valence-corrected chi connectivity index (χ2v) is 4.86. The van der Waals surface area contributed by atoms with Gasteiger partial charge in [-0.1, -0.05) is 13.8 Å². The Kier molecular flexibility index (Phi) is 6.37. The third-order valence-electron chi connectivity index (χ3n) is 2.68. The number of alkyl halides is 2. The monoisotopic (exact) mass is 290 g/mol. The largest absolute Gasteiger partial charge is 0.394 e. The maximum atomic E-state index is 12.6. The lowest BCUT2D eigenvalue weighted by Gasteiger charge is -2.18. The predicted octanol–water partition coefficient (Wildman–Crippen LogP) is 1.48. The number of nitrogens with zero attached hydrogens (tertiary/aromatic N) is 2. The van der Waals surface area contributed by atoms with Crippen molar-refractivity contribution in [3.05, 3.63) is 18.2 Å². The smallest absolute Gasteiger partial charge is 0.319 e. The zero-order valence-corrected chi connectivity index (χ0v) is 11.5. The molecule has 0 radical (unpaired) electrons. The van der Waals surface area contributed by atoms with Gasteiger partial charge in [0, 0.05) is 12.4 Å². The highest BCUT2D eigenvalue weighted by molar-refractivity contribution is 5.74. The summed E-state index contributed by atoms with van der Waals surface area (Å²) in [6.45, 7) is 0.979. The van der Waals surface area contributed by atoms with Gasteiger partial charge in [0.05, 0.1) is 19.2 Å². The number of rotatable bonds is 7. The fraction of sp³-hybridized carbons (Fsp3) is 0.667. The molecule has 1 unspecified atom stereocenters. The molecule has 0 saturated heterocycles. The number of carbonyl (C=O) groups excluding carboxylic acids is 1. The molecule has 1 aromatic rings. The summed E-state index contributed by atoms with van der Waals surface area (Å²) in [4.78, 5) is 15.4. The first-order valence-corrected chi connectivity index (χ1v) is 6.39. The summed E-state index contributed by atoms with van der Waals surface area (Å²) >= 11 is 0. The highest BCUT2D eigenvalue weighted by Gasteiger charge is 2.15. The lowest BCUT2D eigenvalue weighted by molar-refractivity contribution is 0.0667. The highest BCUT2D eigenvalue weighted by Crippen LogP contribution is 2.11. The molecule has 0 fully saturated rings. The van der Waals surface area contributed by atoms with Crippen LogP contribution in [-0.4, -0.2) is 33.3 Å². The summed E-state index contributed by atoms with van der Waals surface area (Å²) in [7, 11) is 0. The van der Waals surface area contributed by atoms with Crippen LogP contribution in [0.2, 0.25) is 0 Å². The second kappa shape index (κ2) is 7.78. The number of nitrogens with one attached hydrogen (secondary N) is 2. The number of urea groups is 1. The van der Waals surface area contributed by atoms with Crippen molar-refractivity contribution < 1.29 is 18.7 Å². The van der Waals surface area contributed by atoms with Crippen LogP contribution in [0.15, 0.2) is 12.4 Å². The van der Waals surface area contributed by atoms with Gasteiger partial charge in [-0.3, -0.25) is 4.57 Å². The Morgan fingerprint density at radius 3 is 2.75 bits per heavy atom. The number of hydrogen-bond acceptors (Lipinski definition) is 3. The van der Waals surface area contributed by atoms with Crippen molar-refractivity contribution in [3.63, 3.8) is 0 Å². The van der Waals surface area contributed by atoms with E-state index < -0.39 is 12.6 Å². The van der Waals surface area contributed by atoms with Crippen LogP contribution in [0.1, 0.15) is 32.6 Å². The molecule has 6 nitrogen and oxygen atoms in total. The zero-order valence-electron chi connectivity index (χ0n) is 11.5. The SMILES string of the molecule is CC(C)CC(CO)NC(=O)NCc1nccn1C(F)F. The zero-order chi connectivity index (χ0) is 15.1. The third kappa shape index (κ3) is 5.12. The van der Waals surface area contributed by atoms with Gasteiger partial charge in [-0.2, -0.15) is 8.78 Å². The molecule has 0 bridgehead atoms. The van der Waals surface area contributed by atoms with Gasteiger partial charge in [-0.05, 0) is 12.3 Å². The molecule has 0 aliphatic heterocycles. The molecular weight excluding hydrogens is 270 g/mol. The number of aliphatic hydroxyl groups excluding tert-OH is 1. The van der Waals surface area contributed by atoms with E-state index in [0.29, 0.717) is 16.9 Å². The molecule has 8 heteroatoms. The van der Waals surface area contributed by atoms with E-state index in [9.17, 15) is 13.6 Å². The fourth-order valence-corrected chi connectivity index (χ4v) is 1.80. The van der Waals surface area contributed by atoms with Crippen LogP contribution in [-0.2, 0) is 6.54 Å². The summed E-state index contributed by atoms with van der Waals surface area (Å²) in [6.07, 6.45) is 3.03.